The molecule has 0 spiro atoms. The van der Waals surface area contributed by atoms with E-state index in [9.17, 15) is 0 Å². The maximum absolute atomic E-state index is 8.25. The van der Waals surface area contributed by atoms with E-state index in [1.165, 1.54) is 0 Å². The van der Waals surface area contributed by atoms with Gasteiger partial charge in [0.25, 0.3) is 0 Å². The van der Waals surface area contributed by atoms with Gasteiger partial charge in [0, 0.05) is 0 Å². The molecule has 0 rings (SSSR count). The Labute approximate surface area is 101 Å². The first-order valence-corrected chi connectivity index (χ1v) is 2.97. The SMILES string of the molecule is O.O.O=[N+]([O-])[O-].O=[N+]([O-])[O-].O=[N+]([O-])[O-].[OH][Zr+3]. The summed E-state index contributed by atoms with van der Waals surface area (Å²) in [4.78, 5) is 24.8. The van der Waals surface area contributed by atoms with Crippen molar-refractivity contribution in [2.75, 3.05) is 0 Å². The van der Waals surface area contributed by atoms with E-state index in [-0.39, 0.29) is 11.0 Å². The fraction of sp³-hybridized carbons (Fsp3) is 0. The zero-order chi connectivity index (χ0) is 12.7. The van der Waals surface area contributed by atoms with Gasteiger partial charge in [0.15, 0.2) is 0 Å². The molecule has 0 aliphatic rings. The molecule has 0 amide bonds. The van der Waals surface area contributed by atoms with Crippen LogP contribution in [0.15, 0.2) is 0 Å². The Kier molecular flexibility index (Phi) is 86.3. The average molecular weight is 330 g/mol. The minimum absolute atomic E-state index is 0. The number of hydrogen-bond acceptors (Lipinski definition) is 10. The molecule has 0 bridgehead atoms. The van der Waals surface area contributed by atoms with Crippen molar-refractivity contribution in [3.05, 3.63) is 46.0 Å². The molecule has 16 heteroatoms. The van der Waals surface area contributed by atoms with Gasteiger partial charge in [-0.3, -0.25) is 0 Å². The van der Waals surface area contributed by atoms with E-state index >= 15 is 0 Å². The van der Waals surface area contributed by atoms with Crippen LogP contribution in [-0.4, -0.2) is 29.4 Å². The summed E-state index contributed by atoms with van der Waals surface area (Å²) >= 11 is 0.550. The second kappa shape index (κ2) is 37.7. The summed E-state index contributed by atoms with van der Waals surface area (Å²) in [6.45, 7) is 0. The predicted molar refractivity (Wildman–Crippen MR) is 40.5 cm³/mol. The van der Waals surface area contributed by atoms with E-state index in [1.807, 2.05) is 0 Å². The molecule has 0 aliphatic carbocycles. The summed E-state index contributed by atoms with van der Waals surface area (Å²) in [6.07, 6.45) is 0. The zero-order valence-electron chi connectivity index (χ0n) is 6.96. The molecule has 0 aliphatic heterocycles. The zero-order valence-corrected chi connectivity index (χ0v) is 9.42. The van der Waals surface area contributed by atoms with Crippen LogP contribution in [0.1, 0.15) is 0 Å². The van der Waals surface area contributed by atoms with Crippen LogP contribution in [-0.2, 0) is 25.2 Å². The van der Waals surface area contributed by atoms with Crippen LogP contribution < -0.4 is 0 Å². The first-order valence-electron chi connectivity index (χ1n) is 1.87. The van der Waals surface area contributed by atoms with Crippen molar-refractivity contribution in [3.63, 3.8) is 0 Å². The topological polar surface area (TPSA) is 282 Å². The molecule has 0 aromatic carbocycles. The third-order valence-corrected chi connectivity index (χ3v) is 0. The molecular weight excluding hydrogens is 325 g/mol. The van der Waals surface area contributed by atoms with E-state index in [0.29, 0.717) is 25.2 Å². The third-order valence-electron chi connectivity index (χ3n) is 0. The van der Waals surface area contributed by atoms with Crippen LogP contribution in [0.2, 0.25) is 0 Å². The Morgan fingerprint density at radius 2 is 0.625 bits per heavy atom. The Bertz CT molecular complexity index is 114. The number of rotatable bonds is 0. The van der Waals surface area contributed by atoms with E-state index in [1.54, 1.807) is 0 Å². The molecule has 0 saturated heterocycles. The molecule has 96 valence electrons. The van der Waals surface area contributed by atoms with Gasteiger partial charge in [-0.1, -0.05) is 0 Å². The third kappa shape index (κ3) is 596. The Morgan fingerprint density at radius 1 is 0.625 bits per heavy atom. The van der Waals surface area contributed by atoms with Crippen LogP contribution >= 0.6 is 0 Å². The Hall–Kier alpha value is -1.64. The fourth-order valence-electron chi connectivity index (χ4n) is 0. The molecule has 0 saturated carbocycles. The first kappa shape index (κ1) is 36.7. The Morgan fingerprint density at radius 3 is 0.625 bits per heavy atom. The van der Waals surface area contributed by atoms with Gasteiger partial charge in [-0.2, -0.15) is 0 Å². The van der Waals surface area contributed by atoms with Gasteiger partial charge in [0.2, 0.25) is 0 Å². The van der Waals surface area contributed by atoms with Crippen molar-refractivity contribution in [1.82, 2.24) is 0 Å². The van der Waals surface area contributed by atoms with Crippen LogP contribution in [0.25, 0.3) is 0 Å². The van der Waals surface area contributed by atoms with Gasteiger partial charge >= 0.3 is 28.3 Å². The molecule has 5 N–H and O–H groups in total. The second-order valence-electron chi connectivity index (χ2n) is 0.671. The van der Waals surface area contributed by atoms with Crippen molar-refractivity contribution in [1.29, 1.82) is 0 Å². The Balaban J connectivity index is -0.0000000205. The van der Waals surface area contributed by atoms with E-state index < -0.39 is 15.3 Å². The molecule has 0 aromatic heterocycles. The second-order valence-corrected chi connectivity index (χ2v) is 0.671. The monoisotopic (exact) mass is 329 g/mol. The normalized spacial score (nSPS) is 4.94. The summed E-state index contributed by atoms with van der Waals surface area (Å²) in [6, 6.07) is 0. The van der Waals surface area contributed by atoms with Crippen molar-refractivity contribution < 1.29 is 54.6 Å². The molecule has 0 atom stereocenters. The molecule has 16 heavy (non-hydrogen) atoms. The van der Waals surface area contributed by atoms with Crippen molar-refractivity contribution in [3.8, 4) is 0 Å². The van der Waals surface area contributed by atoms with Gasteiger partial charge in [0.1, 0.15) is 0 Å². The van der Waals surface area contributed by atoms with Crippen molar-refractivity contribution >= 4 is 0 Å². The molecule has 15 nitrogen and oxygen atoms in total. The molecule has 0 aromatic rings. The van der Waals surface area contributed by atoms with E-state index in [0.717, 1.165) is 0 Å². The summed E-state index contributed by atoms with van der Waals surface area (Å²) in [5.41, 5.74) is 0. The molecular formula is H5N3O12Zr. The molecule has 0 heterocycles. The quantitative estimate of drug-likeness (QED) is 0.348. The van der Waals surface area contributed by atoms with Gasteiger partial charge in [-0.25, -0.2) is 0 Å². The van der Waals surface area contributed by atoms with Crippen LogP contribution in [0.5, 0.6) is 0 Å². The van der Waals surface area contributed by atoms with Gasteiger partial charge in [-0.05, 0) is 0 Å². The number of hydrogen-bond donors (Lipinski definition) is 1. The van der Waals surface area contributed by atoms with E-state index in [4.69, 9.17) is 49.1 Å². The van der Waals surface area contributed by atoms with Crippen LogP contribution in [0.4, 0.5) is 0 Å². The molecule has 0 fully saturated rings. The van der Waals surface area contributed by atoms with Crippen molar-refractivity contribution in [2.24, 2.45) is 0 Å². The summed E-state index contributed by atoms with van der Waals surface area (Å²) in [7, 11) is 0. The number of nitrogens with zero attached hydrogens (tertiary/aromatic N) is 3. The predicted octanol–water partition coefficient (Wildman–Crippen LogP) is -2.93. The van der Waals surface area contributed by atoms with Crippen molar-refractivity contribution in [2.45, 2.75) is 0 Å². The molecule has 0 unspecified atom stereocenters. The summed E-state index contributed by atoms with van der Waals surface area (Å²) in [5, 5.41) is 44.2. The van der Waals surface area contributed by atoms with Crippen LogP contribution in [0.3, 0.4) is 0 Å². The summed E-state index contributed by atoms with van der Waals surface area (Å²) < 4.78 is 7.09. The van der Waals surface area contributed by atoms with Gasteiger partial charge in [-0.15, -0.1) is 0 Å². The maximum atomic E-state index is 8.25. The minimum atomic E-state index is -1.75. The fourth-order valence-corrected chi connectivity index (χ4v) is 0. The molecule has 0 radical (unpaired) electrons. The van der Waals surface area contributed by atoms with Gasteiger partial charge in [0.05, 0.1) is 15.3 Å². The standard InChI is InChI=1S/3NO3.3H2O.Zr/c3*2-1(3)4;;;;/h;;;3*1H2;/q3*-1;;;;+4/p-1. The van der Waals surface area contributed by atoms with Crippen LogP contribution in [0, 0.1) is 46.0 Å². The first-order chi connectivity index (χ1) is 6.20. The average Bonchev–Trinajstić information content (AvgIpc) is 1.86. The van der Waals surface area contributed by atoms with Gasteiger partial charge < -0.3 is 56.9 Å². The summed E-state index contributed by atoms with van der Waals surface area (Å²) in [5.74, 6) is 0. The van der Waals surface area contributed by atoms with E-state index in [2.05, 4.69) is 0 Å².